The fraction of sp³-hybridized carbons (Fsp3) is 0.471. The molecule has 1 heterocycles. The number of H-pyrrole nitrogens is 1. The second-order valence-electron chi connectivity index (χ2n) is 6.07. The van der Waals surface area contributed by atoms with Crippen LogP contribution < -0.4 is 0 Å². The second kappa shape index (κ2) is 5.90. The summed E-state index contributed by atoms with van der Waals surface area (Å²) >= 11 is 0. The number of hydrogen-bond acceptors (Lipinski definition) is 2. The first-order valence-electron chi connectivity index (χ1n) is 7.62. The number of carbonyl (C=O) groups excluding carboxylic acids is 1. The van der Waals surface area contributed by atoms with Crippen molar-refractivity contribution >= 4 is 16.8 Å². The Kier molecular flexibility index (Phi) is 3.97. The van der Waals surface area contributed by atoms with Crippen LogP contribution >= 0.6 is 0 Å². The molecule has 0 saturated heterocycles. The number of aliphatic hydroxyl groups excluding tert-OH is 1. The number of likely N-dealkylation sites (N-methyl/N-ethyl adjacent to an activating group) is 1. The topological polar surface area (TPSA) is 56.3 Å². The van der Waals surface area contributed by atoms with Crippen LogP contribution in [0.5, 0.6) is 0 Å². The van der Waals surface area contributed by atoms with Gasteiger partial charge < -0.3 is 15.0 Å². The minimum absolute atomic E-state index is 0.110. The highest BCUT2D eigenvalue weighted by molar-refractivity contribution is 5.88. The van der Waals surface area contributed by atoms with Crippen LogP contribution in [0.2, 0.25) is 0 Å². The Hall–Kier alpha value is -1.81. The van der Waals surface area contributed by atoms with Crippen molar-refractivity contribution in [2.24, 2.45) is 5.92 Å². The summed E-state index contributed by atoms with van der Waals surface area (Å²) < 4.78 is 0. The molecule has 1 amide bonds. The molecule has 4 heteroatoms. The van der Waals surface area contributed by atoms with Gasteiger partial charge in [0.15, 0.2) is 0 Å². The molecule has 1 fully saturated rings. The van der Waals surface area contributed by atoms with Crippen LogP contribution in [0.15, 0.2) is 30.5 Å². The number of fused-ring (bicyclic) bond motifs is 1. The van der Waals surface area contributed by atoms with Crippen LogP contribution in [-0.4, -0.2) is 40.6 Å². The fourth-order valence-electron chi connectivity index (χ4n) is 3.26. The zero-order valence-electron chi connectivity index (χ0n) is 12.4. The van der Waals surface area contributed by atoms with Gasteiger partial charge in [0.2, 0.25) is 5.91 Å². The van der Waals surface area contributed by atoms with E-state index in [1.807, 2.05) is 37.5 Å². The van der Waals surface area contributed by atoms with Gasteiger partial charge in [-0.2, -0.15) is 0 Å². The molecule has 0 radical (unpaired) electrons. The van der Waals surface area contributed by atoms with E-state index in [4.69, 9.17) is 0 Å². The van der Waals surface area contributed by atoms with Crippen LogP contribution in [-0.2, 0) is 11.2 Å². The molecule has 0 aliphatic heterocycles. The number of aromatic nitrogens is 1. The van der Waals surface area contributed by atoms with E-state index < -0.39 is 0 Å². The van der Waals surface area contributed by atoms with Gasteiger partial charge in [-0.3, -0.25) is 4.79 Å². The zero-order valence-corrected chi connectivity index (χ0v) is 12.4. The predicted molar refractivity (Wildman–Crippen MR) is 83.0 cm³/mol. The first kappa shape index (κ1) is 14.1. The molecule has 0 spiro atoms. The number of amides is 1. The molecule has 1 saturated carbocycles. The second-order valence-corrected chi connectivity index (χ2v) is 6.07. The van der Waals surface area contributed by atoms with E-state index in [0.717, 1.165) is 35.7 Å². The normalized spacial score (nSPS) is 21.8. The van der Waals surface area contributed by atoms with E-state index in [9.17, 15) is 9.90 Å². The van der Waals surface area contributed by atoms with Crippen LogP contribution in [0.1, 0.15) is 24.8 Å². The lowest BCUT2D eigenvalue weighted by molar-refractivity contribution is -0.130. The van der Waals surface area contributed by atoms with Crippen LogP contribution in [0, 0.1) is 5.92 Å². The van der Waals surface area contributed by atoms with Crippen molar-refractivity contribution in [2.75, 3.05) is 13.6 Å². The number of nitrogens with one attached hydrogen (secondary N) is 1. The summed E-state index contributed by atoms with van der Waals surface area (Å²) in [6, 6.07) is 8.03. The van der Waals surface area contributed by atoms with Crippen molar-refractivity contribution in [3.05, 3.63) is 36.0 Å². The van der Waals surface area contributed by atoms with Gasteiger partial charge in [-0.25, -0.2) is 0 Å². The Balaban J connectivity index is 1.65. The predicted octanol–water partition coefficient (Wildman–Crippen LogP) is 2.33. The summed E-state index contributed by atoms with van der Waals surface area (Å²) in [5.41, 5.74) is 2.10. The number of hydrogen-bond donors (Lipinski definition) is 2. The molecular weight excluding hydrogens is 264 g/mol. The first-order valence-corrected chi connectivity index (χ1v) is 7.62. The number of carbonyl (C=O) groups is 1. The van der Waals surface area contributed by atoms with Gasteiger partial charge in [0.1, 0.15) is 0 Å². The maximum atomic E-state index is 12.4. The Bertz CT molecular complexity index is 635. The van der Waals surface area contributed by atoms with E-state index >= 15 is 0 Å². The van der Waals surface area contributed by atoms with E-state index in [1.165, 1.54) is 0 Å². The minimum atomic E-state index is -0.242. The molecule has 1 aliphatic rings. The smallest absolute Gasteiger partial charge is 0.226 e. The quantitative estimate of drug-likeness (QED) is 0.906. The Morgan fingerprint density at radius 2 is 2.19 bits per heavy atom. The number of benzene rings is 1. The van der Waals surface area contributed by atoms with Gasteiger partial charge in [0, 0.05) is 36.6 Å². The van der Waals surface area contributed by atoms with Gasteiger partial charge in [0.25, 0.3) is 0 Å². The van der Waals surface area contributed by atoms with E-state index in [2.05, 4.69) is 4.98 Å². The van der Waals surface area contributed by atoms with Crippen molar-refractivity contribution in [1.82, 2.24) is 9.88 Å². The van der Waals surface area contributed by atoms with Gasteiger partial charge in [0.05, 0.1) is 12.5 Å². The fourth-order valence-corrected chi connectivity index (χ4v) is 3.26. The van der Waals surface area contributed by atoms with E-state index in [1.54, 1.807) is 4.90 Å². The molecule has 2 atom stereocenters. The lowest BCUT2D eigenvalue weighted by atomic mass is 10.0. The zero-order chi connectivity index (χ0) is 14.8. The molecule has 2 aromatic rings. The maximum absolute atomic E-state index is 12.4. The van der Waals surface area contributed by atoms with Crippen LogP contribution in [0.4, 0.5) is 0 Å². The van der Waals surface area contributed by atoms with Crippen molar-refractivity contribution in [2.45, 2.75) is 31.8 Å². The largest absolute Gasteiger partial charge is 0.393 e. The maximum Gasteiger partial charge on any atom is 0.226 e. The number of aromatic amines is 1. The van der Waals surface area contributed by atoms with Gasteiger partial charge in [-0.05, 0) is 24.5 Å². The Labute approximate surface area is 124 Å². The first-order chi connectivity index (χ1) is 10.1. The molecule has 2 N–H and O–H groups in total. The minimum Gasteiger partial charge on any atom is -0.393 e. The van der Waals surface area contributed by atoms with Crippen LogP contribution in [0.25, 0.3) is 10.9 Å². The summed E-state index contributed by atoms with van der Waals surface area (Å²) in [5, 5.41) is 11.0. The van der Waals surface area contributed by atoms with Crippen molar-refractivity contribution < 1.29 is 9.90 Å². The monoisotopic (exact) mass is 286 g/mol. The molecule has 1 aromatic heterocycles. The summed E-state index contributed by atoms with van der Waals surface area (Å²) in [6.07, 6.45) is 5.04. The van der Waals surface area contributed by atoms with E-state index in [-0.39, 0.29) is 17.9 Å². The van der Waals surface area contributed by atoms with Crippen molar-refractivity contribution in [3.63, 3.8) is 0 Å². The summed E-state index contributed by atoms with van der Waals surface area (Å²) in [4.78, 5) is 17.3. The third-order valence-electron chi connectivity index (χ3n) is 4.57. The summed E-state index contributed by atoms with van der Waals surface area (Å²) in [5.74, 6) is 0.348. The van der Waals surface area contributed by atoms with Crippen molar-refractivity contribution in [3.8, 4) is 0 Å². The average molecular weight is 286 g/mol. The lowest BCUT2D eigenvalue weighted by Gasteiger charge is -2.23. The third kappa shape index (κ3) is 2.95. The lowest BCUT2D eigenvalue weighted by Crippen LogP contribution is -2.35. The molecule has 0 bridgehead atoms. The number of rotatable bonds is 4. The molecule has 4 nitrogen and oxygen atoms in total. The third-order valence-corrected chi connectivity index (χ3v) is 4.57. The molecule has 21 heavy (non-hydrogen) atoms. The molecule has 3 rings (SSSR count). The van der Waals surface area contributed by atoms with Gasteiger partial charge in [-0.1, -0.05) is 24.6 Å². The SMILES string of the molecule is CN(CC1CCCC1O)C(=O)Cc1c[nH]c2ccccc12. The number of aliphatic hydroxyl groups is 1. The van der Waals surface area contributed by atoms with E-state index in [0.29, 0.717) is 13.0 Å². The van der Waals surface area contributed by atoms with Gasteiger partial charge in [-0.15, -0.1) is 0 Å². The number of nitrogens with zero attached hydrogens (tertiary/aromatic N) is 1. The highest BCUT2D eigenvalue weighted by atomic mass is 16.3. The van der Waals surface area contributed by atoms with Gasteiger partial charge >= 0.3 is 0 Å². The summed E-state index contributed by atoms with van der Waals surface area (Å²) in [6.45, 7) is 0.655. The highest BCUT2D eigenvalue weighted by Crippen LogP contribution is 2.26. The molecule has 2 unspecified atom stereocenters. The standard InChI is InChI=1S/C17H22N2O2/c1-19(11-12-5-4-8-16(12)20)17(21)9-13-10-18-15-7-3-2-6-14(13)15/h2-3,6-7,10,12,16,18,20H,4-5,8-9,11H2,1H3. The molecule has 112 valence electrons. The molecule has 1 aromatic carbocycles. The summed E-state index contributed by atoms with van der Waals surface area (Å²) in [7, 11) is 1.84. The molecular formula is C17H22N2O2. The Morgan fingerprint density at radius 3 is 2.95 bits per heavy atom. The molecule has 1 aliphatic carbocycles. The Morgan fingerprint density at radius 1 is 1.38 bits per heavy atom. The average Bonchev–Trinajstić information content (AvgIpc) is 3.07. The van der Waals surface area contributed by atoms with Crippen LogP contribution in [0.3, 0.4) is 0 Å². The number of para-hydroxylation sites is 1. The van der Waals surface area contributed by atoms with Crippen molar-refractivity contribution in [1.29, 1.82) is 0 Å². The highest BCUT2D eigenvalue weighted by Gasteiger charge is 2.27.